The van der Waals surface area contributed by atoms with Crippen LogP contribution in [0.2, 0.25) is 16.6 Å². The molecule has 2 rings (SSSR count). The summed E-state index contributed by atoms with van der Waals surface area (Å²) in [6.07, 6.45) is 0. The number of aromatic hydroxyl groups is 1. The van der Waals surface area contributed by atoms with Crippen molar-refractivity contribution in [1.29, 1.82) is 0 Å². The lowest BCUT2D eigenvalue weighted by atomic mass is 9.76. The highest BCUT2D eigenvalue weighted by molar-refractivity contribution is 6.90. The summed E-state index contributed by atoms with van der Waals surface area (Å²) >= 11 is 0. The first-order valence-corrected chi connectivity index (χ1v) is 11.6. The molecule has 3 nitrogen and oxygen atoms in total. The smallest absolute Gasteiger partial charge is 0.489 e. The van der Waals surface area contributed by atoms with Crippen LogP contribution < -0.4 is 5.46 Å². The van der Waals surface area contributed by atoms with E-state index in [0.717, 1.165) is 0 Å². The number of phenolic OH excluding ortho intramolecular Hbond substituents is 1. The highest BCUT2D eigenvalue weighted by Gasteiger charge is 2.41. The van der Waals surface area contributed by atoms with Gasteiger partial charge in [0.15, 0.2) is 0 Å². The molecule has 3 N–H and O–H groups in total. The fourth-order valence-corrected chi connectivity index (χ4v) is 9.59. The van der Waals surface area contributed by atoms with Gasteiger partial charge in [-0.3, -0.25) is 0 Å². The topological polar surface area (TPSA) is 60.7 Å². The largest absolute Gasteiger partial charge is 0.508 e. The van der Waals surface area contributed by atoms with Gasteiger partial charge in [0.25, 0.3) is 0 Å². The average Bonchev–Trinajstić information content (AvgIpc) is 2.55. The van der Waals surface area contributed by atoms with Gasteiger partial charge in [-0.1, -0.05) is 53.5 Å². The Morgan fingerprint density at radius 1 is 0.963 bits per heavy atom. The molecule has 0 aliphatic carbocycles. The lowest BCUT2D eigenvalue weighted by Crippen LogP contribution is -2.43. The number of hydrogen-bond acceptors (Lipinski definition) is 3. The normalized spacial score (nSPS) is 12.0. The van der Waals surface area contributed by atoms with Crippen LogP contribution in [-0.4, -0.2) is 30.3 Å². The Hall–Kier alpha value is -1.81. The minimum absolute atomic E-state index is 0.0553. The van der Waals surface area contributed by atoms with Gasteiger partial charge in [-0.15, -0.1) is 5.54 Å². The number of halogens is 1. The van der Waals surface area contributed by atoms with Crippen molar-refractivity contribution >= 4 is 31.4 Å². The summed E-state index contributed by atoms with van der Waals surface area (Å²) in [6, 6.07) is 5.54. The lowest BCUT2D eigenvalue weighted by molar-refractivity contribution is 0.425. The van der Waals surface area contributed by atoms with Crippen molar-refractivity contribution in [3.63, 3.8) is 0 Å². The van der Waals surface area contributed by atoms with Crippen LogP contribution in [0.4, 0.5) is 4.39 Å². The second kappa shape index (κ2) is 8.05. The van der Waals surface area contributed by atoms with Crippen LogP contribution in [0.15, 0.2) is 24.3 Å². The molecule has 0 spiro atoms. The summed E-state index contributed by atoms with van der Waals surface area (Å²) in [5.74, 6) is 2.48. The van der Waals surface area contributed by atoms with Gasteiger partial charge in [0.2, 0.25) is 0 Å². The number of rotatable bonds is 4. The van der Waals surface area contributed by atoms with Gasteiger partial charge in [-0.05, 0) is 45.7 Å². The molecule has 0 aromatic heterocycles. The molecule has 144 valence electrons. The van der Waals surface area contributed by atoms with Crippen LogP contribution in [-0.2, 0) is 0 Å². The van der Waals surface area contributed by atoms with Crippen LogP contribution >= 0.6 is 0 Å². The van der Waals surface area contributed by atoms with Gasteiger partial charge in [0, 0.05) is 5.39 Å². The van der Waals surface area contributed by atoms with Crippen LogP contribution in [0, 0.1) is 17.3 Å². The fourth-order valence-electron chi connectivity index (χ4n) is 4.39. The summed E-state index contributed by atoms with van der Waals surface area (Å²) in [4.78, 5) is 0. The number of hydrogen-bond donors (Lipinski definition) is 3. The third-order valence-corrected chi connectivity index (χ3v) is 11.9. The number of benzene rings is 2. The first-order chi connectivity index (χ1) is 12.5. The average molecular weight is 386 g/mol. The fraction of sp³-hybridized carbons (Fsp3) is 0.429. The van der Waals surface area contributed by atoms with Crippen molar-refractivity contribution in [2.75, 3.05) is 0 Å². The third-order valence-electron chi connectivity index (χ3n) is 5.63. The van der Waals surface area contributed by atoms with Crippen LogP contribution in [0.3, 0.4) is 0 Å². The highest BCUT2D eigenvalue weighted by atomic mass is 28.3. The maximum atomic E-state index is 14.7. The van der Waals surface area contributed by atoms with Gasteiger partial charge in [-0.2, -0.15) is 0 Å². The molecule has 0 aliphatic heterocycles. The van der Waals surface area contributed by atoms with Crippen LogP contribution in [0.1, 0.15) is 47.1 Å². The van der Waals surface area contributed by atoms with E-state index in [9.17, 15) is 19.5 Å². The summed E-state index contributed by atoms with van der Waals surface area (Å²) < 4.78 is 14.7. The maximum Gasteiger partial charge on any atom is 0.489 e. The minimum Gasteiger partial charge on any atom is -0.508 e. The van der Waals surface area contributed by atoms with Crippen LogP contribution in [0.5, 0.6) is 5.75 Å². The molecule has 0 fully saturated rings. The SMILES string of the molecule is CC(C)[Si](C#Cc1c(F)ccc2cc(O)cc(B(O)O)c12)(C(C)C)C(C)C. The zero-order valence-corrected chi connectivity index (χ0v) is 17.8. The Morgan fingerprint density at radius 3 is 2.00 bits per heavy atom. The van der Waals surface area contributed by atoms with Crippen molar-refractivity contribution < 1.29 is 19.5 Å². The molecular weight excluding hydrogens is 358 g/mol. The van der Waals surface area contributed by atoms with E-state index >= 15 is 0 Å². The molecule has 0 heterocycles. The van der Waals surface area contributed by atoms with E-state index < -0.39 is 21.0 Å². The van der Waals surface area contributed by atoms with Gasteiger partial charge in [0.1, 0.15) is 19.6 Å². The molecule has 0 saturated carbocycles. The van der Waals surface area contributed by atoms with E-state index in [4.69, 9.17) is 0 Å². The van der Waals surface area contributed by atoms with Crippen molar-refractivity contribution in [3.8, 4) is 17.2 Å². The van der Waals surface area contributed by atoms with E-state index in [1.807, 2.05) is 0 Å². The van der Waals surface area contributed by atoms with Gasteiger partial charge in [0.05, 0.1) is 5.56 Å². The van der Waals surface area contributed by atoms with Crippen LogP contribution in [0.25, 0.3) is 10.8 Å². The first-order valence-electron chi connectivity index (χ1n) is 9.36. The van der Waals surface area contributed by atoms with E-state index in [0.29, 0.717) is 27.4 Å². The Labute approximate surface area is 162 Å². The minimum atomic E-state index is -2.08. The molecule has 0 amide bonds. The molecule has 6 heteroatoms. The molecular formula is C21H28BFO3Si. The van der Waals surface area contributed by atoms with E-state index in [1.54, 1.807) is 0 Å². The van der Waals surface area contributed by atoms with E-state index in [1.165, 1.54) is 24.3 Å². The Balaban J connectivity index is 2.85. The van der Waals surface area contributed by atoms with Gasteiger partial charge in [-0.25, -0.2) is 4.39 Å². The molecule has 27 heavy (non-hydrogen) atoms. The quantitative estimate of drug-likeness (QED) is 0.551. The number of fused-ring (bicyclic) bond motifs is 1. The van der Waals surface area contributed by atoms with Crippen molar-refractivity contribution in [2.45, 2.75) is 58.2 Å². The molecule has 0 saturated heterocycles. The molecule has 0 bridgehead atoms. The zero-order chi connectivity index (χ0) is 20.5. The van der Waals surface area contributed by atoms with E-state index in [-0.39, 0.29) is 16.8 Å². The zero-order valence-electron chi connectivity index (χ0n) is 16.8. The predicted octanol–water partition coefficient (Wildman–Crippen LogP) is 3.93. The molecule has 2 aromatic rings. The molecule has 0 unspecified atom stereocenters. The highest BCUT2D eigenvalue weighted by Crippen LogP contribution is 2.41. The maximum absolute atomic E-state index is 14.7. The second-order valence-electron chi connectivity index (χ2n) is 8.08. The standard InChI is InChI=1S/C21H28BFO3Si/c1-13(2)27(14(3)4,15(5)6)10-9-18-20(23)8-7-16-11-17(24)12-19(21(16)18)22(25)26/h7-8,11-15,24-26H,1-6H3. The number of phenols is 1. The molecule has 0 atom stereocenters. The van der Waals surface area contributed by atoms with Gasteiger partial charge < -0.3 is 15.2 Å². The van der Waals surface area contributed by atoms with Crippen molar-refractivity contribution in [1.82, 2.24) is 0 Å². The third kappa shape index (κ3) is 3.91. The molecule has 0 aliphatic rings. The molecule has 2 aromatic carbocycles. The summed E-state index contributed by atoms with van der Waals surface area (Å²) in [6.45, 7) is 13.1. The summed E-state index contributed by atoms with van der Waals surface area (Å²) in [7, 11) is -3.91. The summed E-state index contributed by atoms with van der Waals surface area (Å²) in [5.41, 5.74) is 4.90. The van der Waals surface area contributed by atoms with Crippen molar-refractivity contribution in [3.05, 3.63) is 35.6 Å². The molecule has 0 radical (unpaired) electrons. The Kier molecular flexibility index (Phi) is 6.41. The Morgan fingerprint density at radius 2 is 1.52 bits per heavy atom. The Bertz CT molecular complexity index is 876. The lowest BCUT2D eigenvalue weighted by Gasteiger charge is -2.38. The van der Waals surface area contributed by atoms with Crippen molar-refractivity contribution in [2.24, 2.45) is 0 Å². The monoisotopic (exact) mass is 386 g/mol. The summed E-state index contributed by atoms with van der Waals surface area (Å²) in [5, 5.41) is 30.2. The van der Waals surface area contributed by atoms with Gasteiger partial charge >= 0.3 is 7.12 Å². The second-order valence-corrected chi connectivity index (χ2v) is 13.7. The first kappa shape index (κ1) is 21.5. The predicted molar refractivity (Wildman–Crippen MR) is 113 cm³/mol. The van der Waals surface area contributed by atoms with E-state index in [2.05, 4.69) is 53.0 Å².